The second-order valence-electron chi connectivity index (χ2n) is 4.25. The first-order valence-corrected chi connectivity index (χ1v) is 6.39. The van der Waals surface area contributed by atoms with E-state index in [1.807, 2.05) is 0 Å². The van der Waals surface area contributed by atoms with Crippen molar-refractivity contribution >= 4 is 16.5 Å². The van der Waals surface area contributed by atoms with Gasteiger partial charge in [-0.05, 0) is 12.3 Å². The van der Waals surface area contributed by atoms with Crippen LogP contribution in [0.15, 0.2) is 6.20 Å². The SMILES string of the molecule is COC1CN(c2ncc(CO)s2)CCC1C. The molecule has 1 N–H and O–H groups in total. The van der Waals surface area contributed by atoms with Crippen LogP contribution in [0.1, 0.15) is 18.2 Å². The molecule has 2 heterocycles. The van der Waals surface area contributed by atoms with Crippen LogP contribution in [0.3, 0.4) is 0 Å². The monoisotopic (exact) mass is 242 g/mol. The molecule has 4 nitrogen and oxygen atoms in total. The Labute approximate surface area is 99.9 Å². The Morgan fingerprint density at radius 1 is 1.69 bits per heavy atom. The second kappa shape index (κ2) is 5.12. The predicted octanol–water partition coefficient (Wildman–Crippen LogP) is 1.50. The molecule has 0 spiro atoms. The van der Waals surface area contributed by atoms with Crippen molar-refractivity contribution in [2.75, 3.05) is 25.1 Å². The van der Waals surface area contributed by atoms with E-state index in [0.717, 1.165) is 29.5 Å². The number of anilines is 1. The zero-order valence-electron chi connectivity index (χ0n) is 9.72. The van der Waals surface area contributed by atoms with Gasteiger partial charge >= 0.3 is 0 Å². The summed E-state index contributed by atoms with van der Waals surface area (Å²) in [7, 11) is 1.77. The highest BCUT2D eigenvalue weighted by Crippen LogP contribution is 2.28. The number of thiazole rings is 1. The Hall–Kier alpha value is -0.650. The van der Waals surface area contributed by atoms with Crippen LogP contribution >= 0.6 is 11.3 Å². The van der Waals surface area contributed by atoms with Crippen molar-refractivity contribution in [1.29, 1.82) is 0 Å². The molecule has 1 aliphatic rings. The van der Waals surface area contributed by atoms with Gasteiger partial charge in [0, 0.05) is 26.4 Å². The van der Waals surface area contributed by atoms with Gasteiger partial charge in [0.25, 0.3) is 0 Å². The molecule has 2 atom stereocenters. The molecule has 0 aromatic carbocycles. The van der Waals surface area contributed by atoms with Crippen molar-refractivity contribution in [2.45, 2.75) is 26.1 Å². The van der Waals surface area contributed by atoms with E-state index in [4.69, 9.17) is 9.84 Å². The minimum atomic E-state index is 0.0790. The van der Waals surface area contributed by atoms with Crippen LogP contribution in [0.5, 0.6) is 0 Å². The number of aliphatic hydroxyl groups is 1. The van der Waals surface area contributed by atoms with Crippen molar-refractivity contribution in [3.63, 3.8) is 0 Å². The van der Waals surface area contributed by atoms with Gasteiger partial charge in [0.2, 0.25) is 0 Å². The Kier molecular flexibility index (Phi) is 3.78. The van der Waals surface area contributed by atoms with Gasteiger partial charge in [0.15, 0.2) is 5.13 Å². The number of aliphatic hydroxyl groups excluding tert-OH is 1. The summed E-state index contributed by atoms with van der Waals surface area (Å²) in [6.45, 7) is 4.23. The Bertz CT molecular complexity index is 342. The Morgan fingerprint density at radius 2 is 2.50 bits per heavy atom. The number of ether oxygens (including phenoxy) is 1. The maximum atomic E-state index is 9.02. The smallest absolute Gasteiger partial charge is 0.185 e. The molecule has 1 fully saturated rings. The first-order valence-electron chi connectivity index (χ1n) is 5.58. The van der Waals surface area contributed by atoms with Crippen LogP contribution in [-0.4, -0.2) is 36.4 Å². The van der Waals surface area contributed by atoms with E-state index in [1.54, 1.807) is 24.6 Å². The van der Waals surface area contributed by atoms with Crippen LogP contribution in [0.4, 0.5) is 5.13 Å². The van der Waals surface area contributed by atoms with E-state index in [2.05, 4.69) is 16.8 Å². The third-order valence-corrected chi connectivity index (χ3v) is 4.20. The molecule has 2 rings (SSSR count). The number of hydrogen-bond donors (Lipinski definition) is 1. The maximum absolute atomic E-state index is 9.02. The average molecular weight is 242 g/mol. The van der Waals surface area contributed by atoms with Crippen molar-refractivity contribution in [3.05, 3.63) is 11.1 Å². The quantitative estimate of drug-likeness (QED) is 0.872. The highest BCUT2D eigenvalue weighted by Gasteiger charge is 2.27. The summed E-state index contributed by atoms with van der Waals surface area (Å²) in [6, 6.07) is 0. The molecule has 1 saturated heterocycles. The molecule has 90 valence electrons. The molecule has 2 unspecified atom stereocenters. The van der Waals surface area contributed by atoms with E-state index in [-0.39, 0.29) is 12.7 Å². The third kappa shape index (κ3) is 2.36. The number of hydrogen-bond acceptors (Lipinski definition) is 5. The van der Waals surface area contributed by atoms with Crippen LogP contribution in [0, 0.1) is 5.92 Å². The van der Waals surface area contributed by atoms with Crippen LogP contribution in [0.2, 0.25) is 0 Å². The highest BCUT2D eigenvalue weighted by atomic mass is 32.1. The fraction of sp³-hybridized carbons (Fsp3) is 0.727. The molecule has 0 radical (unpaired) electrons. The molecule has 1 aromatic heterocycles. The van der Waals surface area contributed by atoms with Crippen LogP contribution in [0.25, 0.3) is 0 Å². The molecule has 16 heavy (non-hydrogen) atoms. The number of aromatic nitrogens is 1. The molecular formula is C11H18N2O2S. The van der Waals surface area contributed by atoms with E-state index >= 15 is 0 Å². The van der Waals surface area contributed by atoms with Gasteiger partial charge in [-0.15, -0.1) is 0 Å². The van der Waals surface area contributed by atoms with E-state index in [0.29, 0.717) is 5.92 Å². The minimum absolute atomic E-state index is 0.0790. The molecule has 0 aliphatic carbocycles. The fourth-order valence-electron chi connectivity index (χ4n) is 2.03. The van der Waals surface area contributed by atoms with E-state index in [1.165, 1.54) is 0 Å². The number of rotatable bonds is 3. The normalized spacial score (nSPS) is 26.1. The first kappa shape index (κ1) is 11.8. The lowest BCUT2D eigenvalue weighted by Crippen LogP contribution is -2.43. The molecule has 5 heteroatoms. The van der Waals surface area contributed by atoms with E-state index < -0.39 is 0 Å². The Morgan fingerprint density at radius 3 is 3.12 bits per heavy atom. The van der Waals surface area contributed by atoms with Crippen LogP contribution < -0.4 is 4.90 Å². The zero-order valence-corrected chi connectivity index (χ0v) is 10.5. The largest absolute Gasteiger partial charge is 0.391 e. The predicted molar refractivity (Wildman–Crippen MR) is 64.8 cm³/mol. The first-order chi connectivity index (χ1) is 7.74. The number of methoxy groups -OCH3 is 1. The summed E-state index contributed by atoms with van der Waals surface area (Å²) < 4.78 is 5.47. The average Bonchev–Trinajstić information content (AvgIpc) is 2.78. The van der Waals surface area contributed by atoms with Crippen LogP contribution in [-0.2, 0) is 11.3 Å². The lowest BCUT2D eigenvalue weighted by atomic mass is 9.96. The lowest BCUT2D eigenvalue weighted by Gasteiger charge is -2.36. The minimum Gasteiger partial charge on any atom is -0.391 e. The fourth-order valence-corrected chi connectivity index (χ4v) is 2.84. The Balaban J connectivity index is 2.05. The highest BCUT2D eigenvalue weighted by molar-refractivity contribution is 7.15. The van der Waals surface area contributed by atoms with Gasteiger partial charge < -0.3 is 14.7 Å². The number of nitrogens with zero attached hydrogens (tertiary/aromatic N) is 2. The maximum Gasteiger partial charge on any atom is 0.185 e. The summed E-state index contributed by atoms with van der Waals surface area (Å²) in [5.74, 6) is 0.610. The van der Waals surface area contributed by atoms with Gasteiger partial charge in [0.05, 0.1) is 17.6 Å². The summed E-state index contributed by atoms with van der Waals surface area (Å²) in [6.07, 6.45) is 3.17. The van der Waals surface area contributed by atoms with Gasteiger partial charge in [-0.2, -0.15) is 0 Å². The molecule has 0 bridgehead atoms. The van der Waals surface area contributed by atoms with Gasteiger partial charge in [-0.3, -0.25) is 0 Å². The third-order valence-electron chi connectivity index (χ3n) is 3.16. The van der Waals surface area contributed by atoms with Crippen molar-refractivity contribution < 1.29 is 9.84 Å². The second-order valence-corrected chi connectivity index (χ2v) is 5.35. The summed E-state index contributed by atoms with van der Waals surface area (Å²) in [5, 5.41) is 10.0. The molecular weight excluding hydrogens is 224 g/mol. The molecule has 0 saturated carbocycles. The lowest BCUT2D eigenvalue weighted by molar-refractivity contribution is 0.0498. The molecule has 0 amide bonds. The topological polar surface area (TPSA) is 45.6 Å². The van der Waals surface area contributed by atoms with Crippen molar-refractivity contribution in [2.24, 2.45) is 5.92 Å². The number of piperidine rings is 1. The van der Waals surface area contributed by atoms with Gasteiger partial charge in [-0.25, -0.2) is 4.98 Å². The zero-order chi connectivity index (χ0) is 11.5. The van der Waals surface area contributed by atoms with Crippen molar-refractivity contribution in [1.82, 2.24) is 4.98 Å². The van der Waals surface area contributed by atoms with Gasteiger partial charge in [-0.1, -0.05) is 18.3 Å². The van der Waals surface area contributed by atoms with Gasteiger partial charge in [0.1, 0.15) is 0 Å². The van der Waals surface area contributed by atoms with E-state index in [9.17, 15) is 0 Å². The van der Waals surface area contributed by atoms with Crippen molar-refractivity contribution in [3.8, 4) is 0 Å². The summed E-state index contributed by atoms with van der Waals surface area (Å²) in [4.78, 5) is 7.50. The summed E-state index contributed by atoms with van der Waals surface area (Å²) >= 11 is 1.56. The summed E-state index contributed by atoms with van der Waals surface area (Å²) in [5.41, 5.74) is 0. The standard InChI is InChI=1S/C11H18N2O2S/c1-8-3-4-13(6-10(8)15-2)11-12-5-9(7-14)16-11/h5,8,10,14H,3-4,6-7H2,1-2H3. The molecule has 1 aromatic rings. The molecule has 1 aliphatic heterocycles.